The Morgan fingerprint density at radius 2 is 1.42 bits per heavy atom. The molecule has 0 aromatic heterocycles. The van der Waals surface area contributed by atoms with Gasteiger partial charge in [0.15, 0.2) is 0 Å². The van der Waals surface area contributed by atoms with Gasteiger partial charge < -0.3 is 10.8 Å². The third-order valence-corrected chi connectivity index (χ3v) is 0.870. The number of hydrogen-bond donors (Lipinski definition) is 2. The lowest BCUT2D eigenvalue weighted by molar-refractivity contribution is 0.399. The predicted octanol–water partition coefficient (Wildman–Crippen LogP) is 2.04. The van der Waals surface area contributed by atoms with Crippen LogP contribution >= 0.6 is 0 Å². The number of aliphatic hydroxyl groups excluding tert-OH is 1. The summed E-state index contributed by atoms with van der Waals surface area (Å²) in [5.74, 6) is -0.251. The SMILES string of the molecule is CC.CO.Nc1ccc(F)cc1. The van der Waals surface area contributed by atoms with Crippen molar-refractivity contribution in [1.82, 2.24) is 0 Å². The van der Waals surface area contributed by atoms with Crippen molar-refractivity contribution in [3.63, 3.8) is 0 Å². The van der Waals surface area contributed by atoms with E-state index in [0.29, 0.717) is 5.69 Å². The largest absolute Gasteiger partial charge is 0.400 e. The third-order valence-electron chi connectivity index (χ3n) is 0.870. The minimum atomic E-state index is -0.251. The van der Waals surface area contributed by atoms with Crippen LogP contribution in [0.5, 0.6) is 0 Å². The number of rotatable bonds is 0. The van der Waals surface area contributed by atoms with Gasteiger partial charge in [0.05, 0.1) is 0 Å². The maximum absolute atomic E-state index is 12.0. The van der Waals surface area contributed by atoms with Crippen LogP contribution in [0.15, 0.2) is 24.3 Å². The van der Waals surface area contributed by atoms with Crippen LogP contribution in [0.4, 0.5) is 10.1 Å². The Kier molecular flexibility index (Phi) is 11.1. The summed E-state index contributed by atoms with van der Waals surface area (Å²) in [7, 11) is 1.00. The van der Waals surface area contributed by atoms with Crippen LogP contribution in [0.1, 0.15) is 13.8 Å². The molecule has 70 valence electrons. The van der Waals surface area contributed by atoms with Gasteiger partial charge in [0.25, 0.3) is 0 Å². The van der Waals surface area contributed by atoms with Crippen LogP contribution in [0.2, 0.25) is 0 Å². The van der Waals surface area contributed by atoms with E-state index in [1.54, 1.807) is 0 Å². The third kappa shape index (κ3) is 7.02. The minimum Gasteiger partial charge on any atom is -0.400 e. The lowest BCUT2D eigenvalue weighted by Gasteiger charge is -1.87. The molecule has 0 radical (unpaired) electrons. The summed E-state index contributed by atoms with van der Waals surface area (Å²) in [5, 5.41) is 7.00. The summed E-state index contributed by atoms with van der Waals surface area (Å²) in [5.41, 5.74) is 5.85. The van der Waals surface area contributed by atoms with E-state index in [0.717, 1.165) is 7.11 Å². The minimum absolute atomic E-state index is 0.251. The van der Waals surface area contributed by atoms with Crippen LogP contribution in [-0.4, -0.2) is 12.2 Å². The maximum atomic E-state index is 12.0. The molecule has 1 rings (SSSR count). The molecule has 0 amide bonds. The van der Waals surface area contributed by atoms with Crippen LogP contribution < -0.4 is 5.73 Å². The van der Waals surface area contributed by atoms with Gasteiger partial charge in [-0.05, 0) is 24.3 Å². The monoisotopic (exact) mass is 173 g/mol. The molecule has 1 aromatic carbocycles. The number of halogens is 1. The highest BCUT2D eigenvalue weighted by molar-refractivity contribution is 5.36. The Morgan fingerprint density at radius 1 is 1.08 bits per heavy atom. The molecule has 3 N–H and O–H groups in total. The fourth-order valence-corrected chi connectivity index (χ4v) is 0.463. The molecular weight excluding hydrogens is 157 g/mol. The van der Waals surface area contributed by atoms with Crippen molar-refractivity contribution >= 4 is 5.69 Å². The molecule has 2 nitrogen and oxygen atoms in total. The Labute approximate surface area is 72.8 Å². The number of benzene rings is 1. The van der Waals surface area contributed by atoms with E-state index in [2.05, 4.69) is 0 Å². The standard InChI is InChI=1S/C6H6FN.C2H6.CH4O/c7-5-1-3-6(8)4-2-5;2*1-2/h1-4H,8H2;1-2H3;2H,1H3. The number of nitrogens with two attached hydrogens (primary N) is 1. The number of nitrogen functional groups attached to an aromatic ring is 1. The smallest absolute Gasteiger partial charge is 0.123 e. The summed E-state index contributed by atoms with van der Waals surface area (Å²) in [6.07, 6.45) is 0. The molecule has 0 aliphatic heterocycles. The summed E-state index contributed by atoms with van der Waals surface area (Å²) < 4.78 is 12.0. The zero-order chi connectivity index (χ0) is 9.98. The Balaban J connectivity index is 0. The van der Waals surface area contributed by atoms with Gasteiger partial charge in [0.1, 0.15) is 5.82 Å². The highest BCUT2D eigenvalue weighted by atomic mass is 19.1. The molecule has 12 heavy (non-hydrogen) atoms. The summed E-state index contributed by atoms with van der Waals surface area (Å²) in [6, 6.07) is 5.70. The lowest BCUT2D eigenvalue weighted by atomic mass is 10.3. The van der Waals surface area contributed by atoms with Crippen LogP contribution in [0.25, 0.3) is 0 Å². The topological polar surface area (TPSA) is 46.2 Å². The zero-order valence-corrected chi connectivity index (χ0v) is 7.71. The average molecular weight is 173 g/mol. The van der Waals surface area contributed by atoms with Crippen LogP contribution in [0, 0.1) is 5.82 Å². The molecule has 0 saturated carbocycles. The fourth-order valence-electron chi connectivity index (χ4n) is 0.463. The van der Waals surface area contributed by atoms with Gasteiger partial charge in [-0.1, -0.05) is 13.8 Å². The Hall–Kier alpha value is -1.09. The van der Waals surface area contributed by atoms with E-state index >= 15 is 0 Å². The van der Waals surface area contributed by atoms with Gasteiger partial charge in [-0.3, -0.25) is 0 Å². The van der Waals surface area contributed by atoms with E-state index in [1.807, 2.05) is 13.8 Å². The molecule has 0 aliphatic carbocycles. The molecule has 0 unspecified atom stereocenters. The quantitative estimate of drug-likeness (QED) is 0.590. The van der Waals surface area contributed by atoms with Gasteiger partial charge in [0, 0.05) is 12.8 Å². The van der Waals surface area contributed by atoms with Crippen molar-refractivity contribution in [3.8, 4) is 0 Å². The molecule has 0 bridgehead atoms. The second-order valence-corrected chi connectivity index (χ2v) is 1.55. The zero-order valence-electron chi connectivity index (χ0n) is 7.71. The van der Waals surface area contributed by atoms with Crippen LogP contribution in [0.3, 0.4) is 0 Å². The van der Waals surface area contributed by atoms with E-state index in [9.17, 15) is 4.39 Å². The number of aliphatic hydroxyl groups is 1. The van der Waals surface area contributed by atoms with Gasteiger partial charge in [-0.2, -0.15) is 0 Å². The molecule has 3 heteroatoms. The number of anilines is 1. The van der Waals surface area contributed by atoms with E-state index in [4.69, 9.17) is 10.8 Å². The first-order valence-electron chi connectivity index (χ1n) is 3.75. The van der Waals surface area contributed by atoms with Gasteiger partial charge in [-0.15, -0.1) is 0 Å². The van der Waals surface area contributed by atoms with Crippen molar-refractivity contribution in [2.24, 2.45) is 0 Å². The first-order valence-corrected chi connectivity index (χ1v) is 3.75. The molecular formula is C9H16FNO. The Bertz CT molecular complexity index is 153. The predicted molar refractivity (Wildman–Crippen MR) is 50.3 cm³/mol. The summed E-state index contributed by atoms with van der Waals surface area (Å²) in [4.78, 5) is 0. The van der Waals surface area contributed by atoms with Gasteiger partial charge in [0.2, 0.25) is 0 Å². The highest BCUT2D eigenvalue weighted by Gasteiger charge is 1.83. The van der Waals surface area contributed by atoms with Crippen molar-refractivity contribution in [2.45, 2.75) is 13.8 Å². The molecule has 0 atom stereocenters. The fraction of sp³-hybridized carbons (Fsp3) is 0.333. The second kappa shape index (κ2) is 9.91. The van der Waals surface area contributed by atoms with E-state index < -0.39 is 0 Å². The summed E-state index contributed by atoms with van der Waals surface area (Å²) in [6.45, 7) is 4.00. The van der Waals surface area contributed by atoms with E-state index in [-0.39, 0.29) is 5.82 Å². The second-order valence-electron chi connectivity index (χ2n) is 1.55. The lowest BCUT2D eigenvalue weighted by Crippen LogP contribution is -1.82. The van der Waals surface area contributed by atoms with Gasteiger partial charge in [-0.25, -0.2) is 4.39 Å². The first kappa shape index (κ1) is 13.5. The Morgan fingerprint density at radius 3 is 1.67 bits per heavy atom. The molecule has 0 saturated heterocycles. The molecule has 0 aliphatic rings. The normalized spacial score (nSPS) is 7.08. The average Bonchev–Trinajstić information content (AvgIpc) is 2.17. The van der Waals surface area contributed by atoms with E-state index in [1.165, 1.54) is 24.3 Å². The molecule has 0 fully saturated rings. The molecule has 0 heterocycles. The van der Waals surface area contributed by atoms with Gasteiger partial charge >= 0.3 is 0 Å². The van der Waals surface area contributed by atoms with Crippen molar-refractivity contribution < 1.29 is 9.50 Å². The van der Waals surface area contributed by atoms with Crippen LogP contribution in [-0.2, 0) is 0 Å². The summed E-state index contributed by atoms with van der Waals surface area (Å²) >= 11 is 0. The highest BCUT2D eigenvalue weighted by Crippen LogP contribution is 2.01. The molecule has 0 spiro atoms. The maximum Gasteiger partial charge on any atom is 0.123 e. The molecule has 1 aromatic rings. The number of hydrogen-bond acceptors (Lipinski definition) is 2. The van der Waals surface area contributed by atoms with Crippen molar-refractivity contribution in [3.05, 3.63) is 30.1 Å². The van der Waals surface area contributed by atoms with Crippen molar-refractivity contribution in [1.29, 1.82) is 0 Å². The first-order chi connectivity index (χ1) is 5.79. The van der Waals surface area contributed by atoms with Crippen molar-refractivity contribution in [2.75, 3.05) is 12.8 Å².